The number of carbonyl (C=O) groups excluding carboxylic acids is 1. The average Bonchev–Trinajstić information content (AvgIpc) is 3.09. The molecule has 0 spiro atoms. The van der Waals surface area contributed by atoms with Crippen LogP contribution in [-0.4, -0.2) is 33.5 Å². The molecule has 3 aromatic rings. The molecule has 1 aromatic heterocycles. The molecule has 0 atom stereocenters. The van der Waals surface area contributed by atoms with Crippen molar-refractivity contribution in [2.24, 2.45) is 0 Å². The van der Waals surface area contributed by atoms with Crippen molar-refractivity contribution in [3.63, 3.8) is 0 Å². The van der Waals surface area contributed by atoms with E-state index in [1.165, 1.54) is 17.3 Å². The molecule has 2 aromatic carbocycles. The Labute approximate surface area is 169 Å². The van der Waals surface area contributed by atoms with Crippen LogP contribution >= 0.6 is 11.8 Å². The Kier molecular flexibility index (Phi) is 6.36. The largest absolute Gasteiger partial charge is 0.495 e. The maximum absolute atomic E-state index is 12.4. The second kappa shape index (κ2) is 8.93. The summed E-state index contributed by atoms with van der Waals surface area (Å²) < 4.78 is 7.34. The predicted octanol–water partition coefficient (Wildman–Crippen LogP) is 4.32. The van der Waals surface area contributed by atoms with Gasteiger partial charge in [-0.05, 0) is 44.5 Å². The Morgan fingerprint density at radius 3 is 2.64 bits per heavy atom. The summed E-state index contributed by atoms with van der Waals surface area (Å²) in [7, 11) is 1.59. The van der Waals surface area contributed by atoms with Gasteiger partial charge in [0.05, 0.1) is 18.6 Å². The number of carbonyl (C=O) groups is 1. The highest BCUT2D eigenvalue weighted by Gasteiger charge is 2.15. The smallest absolute Gasteiger partial charge is 0.234 e. The highest BCUT2D eigenvalue weighted by atomic mass is 32.2. The molecule has 0 radical (unpaired) electrons. The van der Waals surface area contributed by atoms with Crippen molar-refractivity contribution in [1.29, 1.82) is 0 Å². The van der Waals surface area contributed by atoms with E-state index < -0.39 is 0 Å². The lowest BCUT2D eigenvalue weighted by molar-refractivity contribution is -0.113. The van der Waals surface area contributed by atoms with Gasteiger partial charge in [0.1, 0.15) is 5.75 Å². The number of thioether (sulfide) groups is 1. The normalized spacial score (nSPS) is 10.7. The fourth-order valence-corrected chi connectivity index (χ4v) is 3.72. The topological polar surface area (TPSA) is 69.0 Å². The number of hydrogen-bond acceptors (Lipinski definition) is 5. The minimum absolute atomic E-state index is 0.114. The van der Waals surface area contributed by atoms with E-state index >= 15 is 0 Å². The summed E-state index contributed by atoms with van der Waals surface area (Å²) in [6, 6.07) is 13.9. The third-order valence-electron chi connectivity index (χ3n) is 4.27. The molecule has 0 saturated carbocycles. The van der Waals surface area contributed by atoms with E-state index in [1.807, 2.05) is 48.7 Å². The average molecular weight is 397 g/mol. The third-order valence-corrected chi connectivity index (χ3v) is 5.24. The molecule has 28 heavy (non-hydrogen) atoms. The van der Waals surface area contributed by atoms with Crippen LogP contribution in [0.1, 0.15) is 18.1 Å². The summed E-state index contributed by atoms with van der Waals surface area (Å²) in [6.45, 7) is 6.80. The zero-order valence-electron chi connectivity index (χ0n) is 16.5. The number of rotatable bonds is 7. The fourth-order valence-electron chi connectivity index (χ4n) is 2.91. The number of nitrogens with one attached hydrogen (secondary N) is 1. The van der Waals surface area contributed by atoms with E-state index in [9.17, 15) is 4.79 Å². The molecule has 146 valence electrons. The first kappa shape index (κ1) is 19.9. The quantitative estimate of drug-likeness (QED) is 0.602. The lowest BCUT2D eigenvalue weighted by Gasteiger charge is -2.11. The number of aromatic nitrogens is 3. The molecular weight excluding hydrogens is 372 g/mol. The van der Waals surface area contributed by atoms with E-state index in [-0.39, 0.29) is 11.7 Å². The Morgan fingerprint density at radius 1 is 1.14 bits per heavy atom. The first-order chi connectivity index (χ1) is 13.5. The number of ether oxygens (including phenoxy) is 1. The van der Waals surface area contributed by atoms with E-state index in [2.05, 4.69) is 34.6 Å². The SMILES string of the molecule is CCn1c(SCC(=O)Nc2cc(C)ccc2OC)nnc1-c1cccc(C)c1. The van der Waals surface area contributed by atoms with Crippen molar-refractivity contribution in [1.82, 2.24) is 14.8 Å². The first-order valence-electron chi connectivity index (χ1n) is 9.09. The number of nitrogens with zero attached hydrogens (tertiary/aromatic N) is 3. The molecule has 0 aliphatic rings. The summed E-state index contributed by atoms with van der Waals surface area (Å²) in [5, 5.41) is 12.3. The Bertz CT molecular complexity index is 984. The van der Waals surface area contributed by atoms with Gasteiger partial charge in [-0.3, -0.25) is 4.79 Å². The van der Waals surface area contributed by atoms with Crippen LogP contribution in [0.4, 0.5) is 5.69 Å². The predicted molar refractivity (Wildman–Crippen MR) is 113 cm³/mol. The molecule has 0 saturated heterocycles. The maximum atomic E-state index is 12.4. The fraction of sp³-hybridized carbons (Fsp3) is 0.286. The highest BCUT2D eigenvalue weighted by molar-refractivity contribution is 7.99. The number of methoxy groups -OCH3 is 1. The van der Waals surface area contributed by atoms with Gasteiger partial charge in [-0.25, -0.2) is 0 Å². The van der Waals surface area contributed by atoms with Crippen molar-refractivity contribution in [2.45, 2.75) is 32.5 Å². The van der Waals surface area contributed by atoms with Gasteiger partial charge in [-0.1, -0.05) is 41.6 Å². The van der Waals surface area contributed by atoms with Crippen LogP contribution in [0.15, 0.2) is 47.6 Å². The maximum Gasteiger partial charge on any atom is 0.234 e. The molecule has 0 fully saturated rings. The zero-order valence-corrected chi connectivity index (χ0v) is 17.3. The van der Waals surface area contributed by atoms with Crippen LogP contribution in [0.25, 0.3) is 11.4 Å². The van der Waals surface area contributed by atoms with Crippen LogP contribution in [0, 0.1) is 13.8 Å². The molecule has 0 aliphatic carbocycles. The van der Waals surface area contributed by atoms with Gasteiger partial charge < -0.3 is 14.6 Å². The number of amides is 1. The molecule has 1 heterocycles. The second-order valence-electron chi connectivity index (χ2n) is 6.46. The summed E-state index contributed by atoms with van der Waals surface area (Å²) in [4.78, 5) is 12.4. The summed E-state index contributed by atoms with van der Waals surface area (Å²) >= 11 is 1.37. The Hall–Kier alpha value is -2.80. The monoisotopic (exact) mass is 396 g/mol. The lowest BCUT2D eigenvalue weighted by atomic mass is 10.1. The van der Waals surface area contributed by atoms with Gasteiger partial charge in [0.25, 0.3) is 0 Å². The van der Waals surface area contributed by atoms with Crippen molar-refractivity contribution >= 4 is 23.4 Å². The van der Waals surface area contributed by atoms with Gasteiger partial charge in [-0.2, -0.15) is 0 Å². The first-order valence-corrected chi connectivity index (χ1v) is 10.1. The third kappa shape index (κ3) is 4.54. The number of hydrogen-bond donors (Lipinski definition) is 1. The molecule has 0 bridgehead atoms. The zero-order chi connectivity index (χ0) is 20.1. The summed E-state index contributed by atoms with van der Waals surface area (Å²) in [5.74, 6) is 1.58. The Morgan fingerprint density at radius 2 is 1.93 bits per heavy atom. The van der Waals surface area contributed by atoms with E-state index in [0.717, 1.165) is 28.7 Å². The van der Waals surface area contributed by atoms with E-state index in [0.29, 0.717) is 11.4 Å². The van der Waals surface area contributed by atoms with Crippen LogP contribution in [0.2, 0.25) is 0 Å². The molecule has 1 N–H and O–H groups in total. The molecule has 7 heteroatoms. The number of benzene rings is 2. The molecule has 6 nitrogen and oxygen atoms in total. The summed E-state index contributed by atoms with van der Waals surface area (Å²) in [6.07, 6.45) is 0. The van der Waals surface area contributed by atoms with Gasteiger partial charge in [-0.15, -0.1) is 10.2 Å². The van der Waals surface area contributed by atoms with Crippen LogP contribution < -0.4 is 10.1 Å². The van der Waals surface area contributed by atoms with Crippen LogP contribution in [0.5, 0.6) is 5.75 Å². The van der Waals surface area contributed by atoms with Gasteiger partial charge in [0.2, 0.25) is 5.91 Å². The molecule has 0 unspecified atom stereocenters. The van der Waals surface area contributed by atoms with E-state index in [1.54, 1.807) is 7.11 Å². The molecule has 3 rings (SSSR count). The second-order valence-corrected chi connectivity index (χ2v) is 7.40. The standard InChI is InChI=1S/C21H24N4O2S/c1-5-25-20(16-8-6-7-14(2)11-16)23-24-21(25)28-13-19(26)22-17-12-15(3)9-10-18(17)27-4/h6-12H,5,13H2,1-4H3,(H,22,26). The molecular formula is C21H24N4O2S. The van der Waals surface area contributed by atoms with Gasteiger partial charge in [0.15, 0.2) is 11.0 Å². The van der Waals surface area contributed by atoms with Crippen molar-refractivity contribution < 1.29 is 9.53 Å². The van der Waals surface area contributed by atoms with Crippen LogP contribution in [-0.2, 0) is 11.3 Å². The number of aryl methyl sites for hydroxylation is 2. The minimum atomic E-state index is -0.114. The van der Waals surface area contributed by atoms with E-state index in [4.69, 9.17) is 4.74 Å². The van der Waals surface area contributed by atoms with Crippen molar-refractivity contribution in [2.75, 3.05) is 18.2 Å². The van der Waals surface area contributed by atoms with Gasteiger partial charge >= 0.3 is 0 Å². The summed E-state index contributed by atoms with van der Waals surface area (Å²) in [5.41, 5.74) is 3.92. The van der Waals surface area contributed by atoms with Crippen molar-refractivity contribution in [3.8, 4) is 17.1 Å². The lowest BCUT2D eigenvalue weighted by Crippen LogP contribution is -2.15. The van der Waals surface area contributed by atoms with Crippen LogP contribution in [0.3, 0.4) is 0 Å². The number of anilines is 1. The van der Waals surface area contributed by atoms with Crippen molar-refractivity contribution in [3.05, 3.63) is 53.6 Å². The molecule has 0 aliphatic heterocycles. The highest BCUT2D eigenvalue weighted by Crippen LogP contribution is 2.27. The Balaban J connectivity index is 1.71. The van der Waals surface area contributed by atoms with Gasteiger partial charge in [0, 0.05) is 12.1 Å². The minimum Gasteiger partial charge on any atom is -0.495 e. The molecule has 1 amide bonds.